The number of ketones is 1. The predicted molar refractivity (Wildman–Crippen MR) is 74.5 cm³/mol. The number of rotatable bonds is 2. The van der Waals surface area contributed by atoms with E-state index in [-0.39, 0.29) is 5.78 Å². The van der Waals surface area contributed by atoms with Gasteiger partial charge in [0.1, 0.15) is 5.69 Å². The highest BCUT2D eigenvalue weighted by molar-refractivity contribution is 6.08. The Labute approximate surface area is 117 Å². The number of aryl methyl sites for hydroxylation is 1. The Balaban J connectivity index is 1.94. The first-order chi connectivity index (χ1) is 9.74. The van der Waals surface area contributed by atoms with Gasteiger partial charge >= 0.3 is 0 Å². The third kappa shape index (κ3) is 2.50. The molecule has 1 aromatic heterocycles. The first-order valence-electron chi connectivity index (χ1n) is 6.62. The highest BCUT2D eigenvalue weighted by atomic mass is 16.5. The molecule has 20 heavy (non-hydrogen) atoms. The normalized spacial score (nSPS) is 13.7. The maximum atomic E-state index is 12.4. The van der Waals surface area contributed by atoms with E-state index in [1.165, 1.54) is 0 Å². The van der Waals surface area contributed by atoms with Crippen molar-refractivity contribution in [3.05, 3.63) is 53.3 Å². The summed E-state index contributed by atoms with van der Waals surface area (Å²) in [7, 11) is 0. The van der Waals surface area contributed by atoms with Crippen LogP contribution < -0.4 is 9.47 Å². The number of hydrogen-bond acceptors (Lipinski definition) is 4. The minimum Gasteiger partial charge on any atom is -0.490 e. The van der Waals surface area contributed by atoms with E-state index in [9.17, 15) is 4.79 Å². The van der Waals surface area contributed by atoms with Crippen molar-refractivity contribution in [2.75, 3.05) is 13.2 Å². The van der Waals surface area contributed by atoms with Crippen molar-refractivity contribution < 1.29 is 14.3 Å². The van der Waals surface area contributed by atoms with Crippen LogP contribution in [-0.2, 0) is 0 Å². The molecule has 1 aliphatic rings. The van der Waals surface area contributed by atoms with Gasteiger partial charge in [0.25, 0.3) is 0 Å². The Morgan fingerprint density at radius 2 is 1.90 bits per heavy atom. The molecule has 4 heteroatoms. The Bertz CT molecular complexity index is 652. The van der Waals surface area contributed by atoms with Gasteiger partial charge in [-0.2, -0.15) is 0 Å². The third-order valence-electron chi connectivity index (χ3n) is 3.13. The first-order valence-corrected chi connectivity index (χ1v) is 6.62. The van der Waals surface area contributed by atoms with Gasteiger partial charge in [-0.3, -0.25) is 4.79 Å². The molecule has 0 atom stereocenters. The van der Waals surface area contributed by atoms with Crippen LogP contribution in [0.1, 0.15) is 28.2 Å². The fourth-order valence-corrected chi connectivity index (χ4v) is 2.12. The van der Waals surface area contributed by atoms with Crippen molar-refractivity contribution in [3.8, 4) is 11.5 Å². The lowest BCUT2D eigenvalue weighted by Crippen LogP contribution is -2.05. The van der Waals surface area contributed by atoms with Crippen molar-refractivity contribution in [1.82, 2.24) is 4.98 Å². The predicted octanol–water partition coefficient (Wildman–Crippen LogP) is 2.78. The van der Waals surface area contributed by atoms with E-state index in [0.717, 1.165) is 12.1 Å². The summed E-state index contributed by atoms with van der Waals surface area (Å²) < 4.78 is 11.2. The van der Waals surface area contributed by atoms with Crippen molar-refractivity contribution in [3.63, 3.8) is 0 Å². The molecule has 2 heterocycles. The van der Waals surface area contributed by atoms with Crippen molar-refractivity contribution in [1.29, 1.82) is 0 Å². The SMILES string of the molecule is Cc1cccc(C(=O)c2ccc3c(c2)OCCCO3)n1. The molecule has 0 fully saturated rings. The monoisotopic (exact) mass is 269 g/mol. The molecule has 0 saturated heterocycles. The van der Waals surface area contributed by atoms with Gasteiger partial charge in [0.15, 0.2) is 11.5 Å². The highest BCUT2D eigenvalue weighted by Gasteiger charge is 2.16. The fraction of sp³-hybridized carbons (Fsp3) is 0.250. The summed E-state index contributed by atoms with van der Waals surface area (Å²) in [4.78, 5) is 16.7. The van der Waals surface area contributed by atoms with Gasteiger partial charge in [-0.25, -0.2) is 4.98 Å². The summed E-state index contributed by atoms with van der Waals surface area (Å²) in [6.45, 7) is 3.11. The van der Waals surface area contributed by atoms with E-state index >= 15 is 0 Å². The van der Waals surface area contributed by atoms with Gasteiger partial charge in [0.2, 0.25) is 5.78 Å². The molecular formula is C16H15NO3. The number of hydrogen-bond donors (Lipinski definition) is 0. The summed E-state index contributed by atoms with van der Waals surface area (Å²) in [6, 6.07) is 10.7. The minimum absolute atomic E-state index is 0.107. The summed E-state index contributed by atoms with van der Waals surface area (Å²) >= 11 is 0. The molecule has 2 aromatic rings. The molecule has 0 radical (unpaired) electrons. The third-order valence-corrected chi connectivity index (χ3v) is 3.13. The van der Waals surface area contributed by atoms with E-state index in [0.29, 0.717) is 36.0 Å². The quantitative estimate of drug-likeness (QED) is 0.787. The number of fused-ring (bicyclic) bond motifs is 1. The second kappa shape index (κ2) is 5.33. The van der Waals surface area contributed by atoms with Crippen LogP contribution in [0.15, 0.2) is 36.4 Å². The van der Waals surface area contributed by atoms with Crippen LogP contribution in [0, 0.1) is 6.92 Å². The van der Waals surface area contributed by atoms with Gasteiger partial charge in [0.05, 0.1) is 13.2 Å². The summed E-state index contributed by atoms with van der Waals surface area (Å²) in [5.74, 6) is 1.21. The average molecular weight is 269 g/mol. The molecule has 102 valence electrons. The van der Waals surface area contributed by atoms with E-state index in [4.69, 9.17) is 9.47 Å². The van der Waals surface area contributed by atoms with Crippen LogP contribution in [0.25, 0.3) is 0 Å². The van der Waals surface area contributed by atoms with Crippen LogP contribution in [-0.4, -0.2) is 24.0 Å². The van der Waals surface area contributed by atoms with Crippen LogP contribution in [0.3, 0.4) is 0 Å². The fourth-order valence-electron chi connectivity index (χ4n) is 2.12. The largest absolute Gasteiger partial charge is 0.490 e. The molecule has 1 aromatic carbocycles. The molecule has 0 bridgehead atoms. The van der Waals surface area contributed by atoms with Crippen molar-refractivity contribution in [2.45, 2.75) is 13.3 Å². The summed E-state index contributed by atoms with van der Waals surface area (Å²) in [5, 5.41) is 0. The van der Waals surface area contributed by atoms with E-state index < -0.39 is 0 Å². The van der Waals surface area contributed by atoms with E-state index in [2.05, 4.69) is 4.98 Å². The Morgan fingerprint density at radius 3 is 2.70 bits per heavy atom. The maximum Gasteiger partial charge on any atom is 0.211 e. The van der Waals surface area contributed by atoms with Crippen LogP contribution in [0.4, 0.5) is 0 Å². The number of carbonyl (C=O) groups is 1. The zero-order chi connectivity index (χ0) is 13.9. The molecule has 0 amide bonds. The second-order valence-electron chi connectivity index (χ2n) is 4.71. The lowest BCUT2D eigenvalue weighted by atomic mass is 10.1. The van der Waals surface area contributed by atoms with Gasteiger partial charge < -0.3 is 9.47 Å². The number of nitrogens with zero attached hydrogens (tertiary/aromatic N) is 1. The van der Waals surface area contributed by atoms with Gasteiger partial charge in [-0.1, -0.05) is 6.07 Å². The molecule has 0 aliphatic carbocycles. The zero-order valence-electron chi connectivity index (χ0n) is 11.3. The number of pyridine rings is 1. The standard InChI is InChI=1S/C16H15NO3/c1-11-4-2-5-13(17-11)16(18)12-6-7-14-15(10-12)20-9-3-8-19-14/h2,4-7,10H,3,8-9H2,1H3. The molecule has 3 rings (SSSR count). The van der Waals surface area contributed by atoms with Crippen LogP contribution in [0.2, 0.25) is 0 Å². The summed E-state index contributed by atoms with van der Waals surface area (Å²) in [5.41, 5.74) is 1.83. The van der Waals surface area contributed by atoms with Gasteiger partial charge in [-0.05, 0) is 37.3 Å². The topological polar surface area (TPSA) is 48.4 Å². The lowest BCUT2D eigenvalue weighted by Gasteiger charge is -2.08. The maximum absolute atomic E-state index is 12.4. The van der Waals surface area contributed by atoms with Crippen molar-refractivity contribution in [2.24, 2.45) is 0 Å². The van der Waals surface area contributed by atoms with Crippen molar-refractivity contribution >= 4 is 5.78 Å². The van der Waals surface area contributed by atoms with Crippen LogP contribution >= 0.6 is 0 Å². The highest BCUT2D eigenvalue weighted by Crippen LogP contribution is 2.31. The van der Waals surface area contributed by atoms with E-state index in [1.54, 1.807) is 24.3 Å². The van der Waals surface area contributed by atoms with Gasteiger partial charge in [0, 0.05) is 17.7 Å². The van der Waals surface area contributed by atoms with E-state index in [1.807, 2.05) is 19.1 Å². The van der Waals surface area contributed by atoms with Gasteiger partial charge in [-0.15, -0.1) is 0 Å². The summed E-state index contributed by atoms with van der Waals surface area (Å²) in [6.07, 6.45) is 0.845. The molecule has 4 nitrogen and oxygen atoms in total. The minimum atomic E-state index is -0.107. The number of benzene rings is 1. The lowest BCUT2D eigenvalue weighted by molar-refractivity contribution is 0.103. The molecule has 0 saturated carbocycles. The first kappa shape index (κ1) is 12.7. The smallest absolute Gasteiger partial charge is 0.211 e. The number of carbonyl (C=O) groups excluding carboxylic acids is 1. The Hall–Kier alpha value is -2.36. The molecule has 0 N–H and O–H groups in total. The Kier molecular flexibility index (Phi) is 3.37. The zero-order valence-corrected chi connectivity index (χ0v) is 11.3. The Morgan fingerprint density at radius 1 is 1.10 bits per heavy atom. The second-order valence-corrected chi connectivity index (χ2v) is 4.71. The number of aromatic nitrogens is 1. The molecule has 1 aliphatic heterocycles. The number of ether oxygens (including phenoxy) is 2. The average Bonchev–Trinajstić information content (AvgIpc) is 2.71. The molecule has 0 spiro atoms. The molecular weight excluding hydrogens is 254 g/mol. The van der Waals surface area contributed by atoms with Crippen LogP contribution in [0.5, 0.6) is 11.5 Å². The molecule has 0 unspecified atom stereocenters.